The molecular weight excluding hydrogens is 505 g/mol. The van der Waals surface area contributed by atoms with Gasteiger partial charge in [-0.1, -0.05) is 132 Å². The second-order valence-corrected chi connectivity index (χ2v) is 22.1. The Kier molecular flexibility index (Phi) is 25.0. The highest BCUT2D eigenvalue weighted by atomic mass is 32.2. The Hall–Kier alpha value is 0.704. The van der Waals surface area contributed by atoms with E-state index in [0.29, 0.717) is 9.75 Å². The van der Waals surface area contributed by atoms with Gasteiger partial charge in [0.05, 0.1) is 0 Å². The van der Waals surface area contributed by atoms with E-state index in [1.807, 2.05) is 0 Å². The molecule has 0 aliphatic heterocycles. The highest BCUT2D eigenvalue weighted by Crippen LogP contribution is 2.44. The zero-order valence-electron chi connectivity index (χ0n) is 26.9. The molecule has 0 radical (unpaired) electrons. The largest absolute Gasteiger partial charge is 0.416 e. The monoisotopic (exact) mass is 574 g/mol. The fourth-order valence-corrected chi connectivity index (χ4v) is 20.9. The van der Waals surface area contributed by atoms with Gasteiger partial charge in [-0.25, -0.2) is 0 Å². The standard InChI is InChI=1S/C32H70O2SSi2/c1-9-17-21-27-36(33-25-13-5,28-22-18-10-2)31(15-7)35-32(16-8)37(34-26-14-6,29-23-19-11-3)30-24-20-12-4/h31-32H,9-30H2,1-8H3. The maximum atomic E-state index is 7.15. The number of thioether (sulfide) groups is 1. The SMILES string of the molecule is CCCCC[Si](CCCCC)(OCCC)C(CC)SC(CC)[Si](CCCCC)(CCCCC)OCCC. The Labute approximate surface area is 241 Å². The number of hydrogen-bond donors (Lipinski definition) is 0. The first-order valence-electron chi connectivity index (χ1n) is 16.9. The van der Waals surface area contributed by atoms with E-state index in [4.69, 9.17) is 8.85 Å². The second-order valence-electron chi connectivity index (χ2n) is 11.6. The van der Waals surface area contributed by atoms with E-state index in [1.165, 1.54) is 114 Å². The van der Waals surface area contributed by atoms with Crippen molar-refractivity contribution in [2.75, 3.05) is 13.2 Å². The van der Waals surface area contributed by atoms with Crippen LogP contribution in [0.2, 0.25) is 24.2 Å². The fourth-order valence-electron chi connectivity index (χ4n) is 6.06. The summed E-state index contributed by atoms with van der Waals surface area (Å²) >= 11 is 2.41. The minimum atomic E-state index is -1.86. The van der Waals surface area contributed by atoms with Gasteiger partial charge in [-0.2, -0.15) is 11.8 Å². The molecule has 0 fully saturated rings. The molecule has 0 aromatic rings. The zero-order valence-corrected chi connectivity index (χ0v) is 29.8. The average molecular weight is 575 g/mol. The lowest BCUT2D eigenvalue weighted by Gasteiger charge is -2.44. The van der Waals surface area contributed by atoms with Crippen LogP contribution in [0.15, 0.2) is 0 Å². The Bertz CT molecular complexity index is 429. The molecule has 0 aromatic carbocycles. The lowest BCUT2D eigenvalue weighted by molar-refractivity contribution is 0.290. The topological polar surface area (TPSA) is 18.5 Å². The summed E-state index contributed by atoms with van der Waals surface area (Å²) in [6.45, 7) is 20.9. The third-order valence-electron chi connectivity index (χ3n) is 8.25. The second kappa shape index (κ2) is 24.5. The van der Waals surface area contributed by atoms with Gasteiger partial charge in [-0.3, -0.25) is 0 Å². The van der Waals surface area contributed by atoms with Gasteiger partial charge in [0.15, 0.2) is 0 Å². The van der Waals surface area contributed by atoms with Crippen LogP contribution in [-0.2, 0) is 8.85 Å². The van der Waals surface area contributed by atoms with Crippen molar-refractivity contribution in [2.24, 2.45) is 0 Å². The smallest absolute Gasteiger partial charge is 0.205 e. The van der Waals surface area contributed by atoms with Gasteiger partial charge >= 0.3 is 0 Å². The quantitative estimate of drug-likeness (QED) is 0.0683. The van der Waals surface area contributed by atoms with E-state index in [-0.39, 0.29) is 0 Å². The first-order valence-corrected chi connectivity index (χ1v) is 22.7. The minimum Gasteiger partial charge on any atom is -0.416 e. The van der Waals surface area contributed by atoms with Crippen LogP contribution in [0.25, 0.3) is 0 Å². The van der Waals surface area contributed by atoms with Crippen molar-refractivity contribution in [1.82, 2.24) is 0 Å². The lowest BCUT2D eigenvalue weighted by Crippen LogP contribution is -2.54. The van der Waals surface area contributed by atoms with Crippen molar-refractivity contribution in [3.8, 4) is 0 Å². The molecule has 2 nitrogen and oxygen atoms in total. The summed E-state index contributed by atoms with van der Waals surface area (Å²) in [5.41, 5.74) is 0. The number of unbranched alkanes of at least 4 members (excludes halogenated alkanes) is 8. The van der Waals surface area contributed by atoms with E-state index in [1.54, 1.807) is 0 Å². The maximum Gasteiger partial charge on any atom is 0.205 e. The van der Waals surface area contributed by atoms with Crippen LogP contribution in [0.3, 0.4) is 0 Å². The molecule has 5 heteroatoms. The summed E-state index contributed by atoms with van der Waals surface area (Å²) in [4.78, 5) is 1.43. The van der Waals surface area contributed by atoms with E-state index in [2.05, 4.69) is 67.2 Å². The number of hydrogen-bond acceptors (Lipinski definition) is 3. The lowest BCUT2D eigenvalue weighted by atomic mass is 10.3. The van der Waals surface area contributed by atoms with Gasteiger partial charge < -0.3 is 8.85 Å². The molecule has 0 heterocycles. The fraction of sp³-hybridized carbons (Fsp3) is 1.00. The van der Waals surface area contributed by atoms with Gasteiger partial charge in [-0.05, 0) is 49.9 Å². The van der Waals surface area contributed by atoms with Gasteiger partial charge in [0.1, 0.15) is 0 Å². The minimum absolute atomic E-state index is 0.715. The van der Waals surface area contributed by atoms with Crippen LogP contribution >= 0.6 is 11.8 Å². The van der Waals surface area contributed by atoms with Crippen LogP contribution in [0.5, 0.6) is 0 Å². The molecule has 2 atom stereocenters. The van der Waals surface area contributed by atoms with Crippen LogP contribution in [-0.4, -0.2) is 39.6 Å². The van der Waals surface area contributed by atoms with Crippen molar-refractivity contribution >= 4 is 28.4 Å². The van der Waals surface area contributed by atoms with E-state index >= 15 is 0 Å². The Balaban J connectivity index is 6.26. The van der Waals surface area contributed by atoms with Crippen molar-refractivity contribution in [3.63, 3.8) is 0 Å². The summed E-state index contributed by atoms with van der Waals surface area (Å²) in [5, 5.41) is 0. The Morgan fingerprint density at radius 1 is 0.432 bits per heavy atom. The molecule has 0 spiro atoms. The van der Waals surface area contributed by atoms with E-state index < -0.39 is 16.6 Å². The molecule has 0 rings (SSSR count). The molecule has 0 saturated carbocycles. The molecule has 2 unspecified atom stereocenters. The third-order valence-corrected chi connectivity index (χ3v) is 22.5. The molecule has 0 aliphatic carbocycles. The summed E-state index contributed by atoms with van der Waals surface area (Å²) in [7, 11) is -3.71. The van der Waals surface area contributed by atoms with Gasteiger partial charge in [0.2, 0.25) is 16.6 Å². The highest BCUT2D eigenvalue weighted by molar-refractivity contribution is 8.03. The van der Waals surface area contributed by atoms with Crippen LogP contribution in [0.1, 0.15) is 158 Å². The molecule has 0 aliphatic rings. The molecular formula is C32H70O2SSi2. The van der Waals surface area contributed by atoms with Crippen LogP contribution in [0.4, 0.5) is 0 Å². The predicted molar refractivity (Wildman–Crippen MR) is 177 cm³/mol. The van der Waals surface area contributed by atoms with Crippen molar-refractivity contribution in [1.29, 1.82) is 0 Å². The highest BCUT2D eigenvalue weighted by Gasteiger charge is 2.48. The first kappa shape index (κ1) is 37.7. The maximum absolute atomic E-state index is 7.15. The molecule has 0 saturated heterocycles. The van der Waals surface area contributed by atoms with Crippen LogP contribution < -0.4 is 0 Å². The summed E-state index contributed by atoms with van der Waals surface area (Å²) < 4.78 is 14.3. The Morgan fingerprint density at radius 2 is 0.730 bits per heavy atom. The normalized spacial score (nSPS) is 14.3. The molecule has 37 heavy (non-hydrogen) atoms. The molecule has 0 aromatic heterocycles. The Morgan fingerprint density at radius 3 is 0.946 bits per heavy atom. The van der Waals surface area contributed by atoms with Gasteiger partial charge in [0, 0.05) is 23.0 Å². The average Bonchev–Trinajstić information content (AvgIpc) is 2.91. The van der Waals surface area contributed by atoms with E-state index in [9.17, 15) is 0 Å². The number of rotatable bonds is 28. The van der Waals surface area contributed by atoms with Crippen molar-refractivity contribution in [2.45, 2.75) is 192 Å². The molecule has 0 amide bonds. The summed E-state index contributed by atoms with van der Waals surface area (Å²) in [6, 6.07) is 5.51. The third kappa shape index (κ3) is 14.8. The summed E-state index contributed by atoms with van der Waals surface area (Å²) in [5.74, 6) is 0. The van der Waals surface area contributed by atoms with Crippen LogP contribution in [0, 0.1) is 0 Å². The van der Waals surface area contributed by atoms with Crippen molar-refractivity contribution in [3.05, 3.63) is 0 Å². The first-order chi connectivity index (χ1) is 18.0. The van der Waals surface area contributed by atoms with Crippen molar-refractivity contribution < 1.29 is 8.85 Å². The molecule has 224 valence electrons. The molecule has 0 N–H and O–H groups in total. The zero-order chi connectivity index (χ0) is 27.8. The van der Waals surface area contributed by atoms with Gasteiger partial charge in [-0.15, -0.1) is 0 Å². The molecule has 0 bridgehead atoms. The summed E-state index contributed by atoms with van der Waals surface area (Å²) in [6.07, 6.45) is 21.0. The van der Waals surface area contributed by atoms with E-state index in [0.717, 1.165) is 26.1 Å². The predicted octanol–water partition coefficient (Wildman–Crippen LogP) is 11.9. The van der Waals surface area contributed by atoms with Gasteiger partial charge in [0.25, 0.3) is 0 Å².